The van der Waals surface area contributed by atoms with Crippen LogP contribution >= 0.6 is 11.3 Å². The van der Waals surface area contributed by atoms with Gasteiger partial charge >= 0.3 is 0 Å². The van der Waals surface area contributed by atoms with Gasteiger partial charge in [0.15, 0.2) is 4.80 Å². The van der Waals surface area contributed by atoms with E-state index in [1.165, 1.54) is 5.69 Å². The lowest BCUT2D eigenvalue weighted by Gasteiger charge is -2.30. The average Bonchev–Trinajstić information content (AvgIpc) is 3.21. The largest absolute Gasteiger partial charge is 0.318 e. The number of thiazole rings is 1. The van der Waals surface area contributed by atoms with Gasteiger partial charge in [0.2, 0.25) is 0 Å². The minimum Gasteiger partial charge on any atom is -0.318 e. The van der Waals surface area contributed by atoms with E-state index in [1.807, 2.05) is 24.0 Å². The minimum atomic E-state index is -0.699. The molecule has 2 aromatic heterocycles. The SMILES string of the molecule is CCn1cc(N=c2scc(C)n2[C@@H]2CCC[C@@H]([S@@](=O)CC)C2)cn1. The molecule has 0 spiro atoms. The summed E-state index contributed by atoms with van der Waals surface area (Å²) in [5.41, 5.74) is 2.14. The molecule has 2 heterocycles. The van der Waals surface area contributed by atoms with Crippen LogP contribution in [0.15, 0.2) is 22.8 Å². The predicted molar refractivity (Wildman–Crippen MR) is 100 cm³/mol. The Morgan fingerprint density at radius 3 is 2.96 bits per heavy atom. The summed E-state index contributed by atoms with van der Waals surface area (Å²) < 4.78 is 16.5. The first-order valence-electron chi connectivity index (χ1n) is 8.73. The number of rotatable bonds is 5. The standard InChI is InChI=1S/C17H26N4OS2/c1-4-20-11-14(10-18-20)19-17-21(13(3)12-23-17)15-7-6-8-16(9-15)24(22)5-2/h10-12,15-16H,4-9H2,1-3H3/t15-,16-,24+/m1/s1. The van der Waals surface area contributed by atoms with Gasteiger partial charge in [0.05, 0.1) is 12.4 Å². The molecule has 2 aromatic rings. The average molecular weight is 367 g/mol. The minimum absolute atomic E-state index is 0.330. The monoisotopic (exact) mass is 366 g/mol. The Kier molecular flexibility index (Phi) is 5.71. The Bertz CT molecular complexity index is 774. The third kappa shape index (κ3) is 3.72. The van der Waals surface area contributed by atoms with Gasteiger partial charge in [-0.25, -0.2) is 4.99 Å². The molecule has 1 aliphatic carbocycles. The van der Waals surface area contributed by atoms with E-state index in [0.29, 0.717) is 11.3 Å². The van der Waals surface area contributed by atoms with E-state index in [1.54, 1.807) is 11.3 Å². The highest BCUT2D eigenvalue weighted by Crippen LogP contribution is 2.31. The van der Waals surface area contributed by atoms with E-state index in [4.69, 9.17) is 4.99 Å². The number of aryl methyl sites for hydroxylation is 2. The Morgan fingerprint density at radius 1 is 1.42 bits per heavy atom. The van der Waals surface area contributed by atoms with Crippen LogP contribution in [0.25, 0.3) is 0 Å². The highest BCUT2D eigenvalue weighted by Gasteiger charge is 2.27. The Hall–Kier alpha value is -1.21. The summed E-state index contributed by atoms with van der Waals surface area (Å²) in [6, 6.07) is 0.408. The maximum Gasteiger partial charge on any atom is 0.190 e. The van der Waals surface area contributed by atoms with Gasteiger partial charge in [-0.2, -0.15) is 5.10 Å². The molecule has 0 amide bonds. The normalized spacial score (nSPS) is 23.5. The third-order valence-electron chi connectivity index (χ3n) is 4.71. The fourth-order valence-corrected chi connectivity index (χ4v) is 5.74. The van der Waals surface area contributed by atoms with Crippen LogP contribution in [0.1, 0.15) is 51.3 Å². The Labute approximate surface area is 149 Å². The second-order valence-corrected chi connectivity index (χ2v) is 9.15. The van der Waals surface area contributed by atoms with Gasteiger partial charge in [0.1, 0.15) is 5.69 Å². The molecule has 0 aromatic carbocycles. The molecule has 0 aliphatic heterocycles. The molecule has 0 radical (unpaired) electrons. The molecule has 1 aliphatic rings. The molecule has 5 nitrogen and oxygen atoms in total. The summed E-state index contributed by atoms with van der Waals surface area (Å²) in [5, 5.41) is 6.80. The van der Waals surface area contributed by atoms with Gasteiger partial charge in [0, 0.05) is 45.5 Å². The highest BCUT2D eigenvalue weighted by molar-refractivity contribution is 7.85. The van der Waals surface area contributed by atoms with Crippen molar-refractivity contribution in [2.75, 3.05) is 5.75 Å². The molecule has 0 saturated heterocycles. The van der Waals surface area contributed by atoms with E-state index in [-0.39, 0.29) is 0 Å². The van der Waals surface area contributed by atoms with Crippen molar-refractivity contribution >= 4 is 27.8 Å². The van der Waals surface area contributed by atoms with Crippen LogP contribution in [0.5, 0.6) is 0 Å². The lowest BCUT2D eigenvalue weighted by molar-refractivity contribution is 0.347. The number of nitrogens with zero attached hydrogens (tertiary/aromatic N) is 4. The fourth-order valence-electron chi connectivity index (χ4n) is 3.45. The van der Waals surface area contributed by atoms with Crippen molar-refractivity contribution in [3.63, 3.8) is 0 Å². The van der Waals surface area contributed by atoms with Crippen molar-refractivity contribution in [3.05, 3.63) is 28.3 Å². The van der Waals surface area contributed by atoms with E-state index in [9.17, 15) is 4.21 Å². The van der Waals surface area contributed by atoms with Crippen molar-refractivity contribution in [2.45, 2.75) is 64.3 Å². The molecule has 3 rings (SSSR count). The first-order valence-corrected chi connectivity index (χ1v) is 11.0. The third-order valence-corrected chi connectivity index (χ3v) is 7.41. The van der Waals surface area contributed by atoms with Crippen molar-refractivity contribution in [1.29, 1.82) is 0 Å². The molecule has 132 valence electrons. The van der Waals surface area contributed by atoms with E-state index in [0.717, 1.165) is 48.5 Å². The Morgan fingerprint density at radius 2 is 2.25 bits per heavy atom. The fraction of sp³-hybridized carbons (Fsp3) is 0.647. The lowest BCUT2D eigenvalue weighted by Crippen LogP contribution is -2.31. The summed E-state index contributed by atoms with van der Waals surface area (Å²) in [4.78, 5) is 5.84. The van der Waals surface area contributed by atoms with E-state index in [2.05, 4.69) is 28.9 Å². The van der Waals surface area contributed by atoms with Crippen LogP contribution in [-0.2, 0) is 17.3 Å². The molecule has 1 fully saturated rings. The predicted octanol–water partition coefficient (Wildman–Crippen LogP) is 3.56. The van der Waals surface area contributed by atoms with Gasteiger partial charge in [-0.15, -0.1) is 11.3 Å². The summed E-state index contributed by atoms with van der Waals surface area (Å²) in [5.74, 6) is 0.762. The van der Waals surface area contributed by atoms with Crippen molar-refractivity contribution in [3.8, 4) is 0 Å². The number of hydrogen-bond donors (Lipinski definition) is 0. The zero-order valence-corrected chi connectivity index (χ0v) is 16.3. The van der Waals surface area contributed by atoms with Crippen LogP contribution in [0.3, 0.4) is 0 Å². The quantitative estimate of drug-likeness (QED) is 0.812. The molecule has 0 N–H and O–H groups in total. The van der Waals surface area contributed by atoms with Gasteiger partial charge in [-0.1, -0.05) is 13.3 Å². The van der Waals surface area contributed by atoms with Crippen LogP contribution in [0, 0.1) is 6.92 Å². The molecular weight excluding hydrogens is 340 g/mol. The zero-order valence-electron chi connectivity index (χ0n) is 14.6. The van der Waals surface area contributed by atoms with Crippen LogP contribution in [-0.4, -0.2) is 29.6 Å². The molecule has 1 saturated carbocycles. The summed E-state index contributed by atoms with van der Waals surface area (Å²) in [7, 11) is -0.699. The van der Waals surface area contributed by atoms with Crippen molar-refractivity contribution in [2.24, 2.45) is 4.99 Å². The summed E-state index contributed by atoms with van der Waals surface area (Å²) in [6.45, 7) is 7.09. The first kappa shape index (κ1) is 17.6. The zero-order chi connectivity index (χ0) is 17.1. The van der Waals surface area contributed by atoms with Crippen molar-refractivity contribution < 1.29 is 4.21 Å². The second kappa shape index (κ2) is 7.78. The first-order chi connectivity index (χ1) is 11.6. The summed E-state index contributed by atoms with van der Waals surface area (Å²) >= 11 is 1.68. The summed E-state index contributed by atoms with van der Waals surface area (Å²) in [6.07, 6.45) is 8.19. The van der Waals surface area contributed by atoms with E-state index < -0.39 is 10.8 Å². The van der Waals surface area contributed by atoms with Gasteiger partial charge in [-0.3, -0.25) is 8.89 Å². The molecular formula is C17H26N4OS2. The maximum absolute atomic E-state index is 12.2. The van der Waals surface area contributed by atoms with E-state index >= 15 is 0 Å². The highest BCUT2D eigenvalue weighted by atomic mass is 32.2. The van der Waals surface area contributed by atoms with Gasteiger partial charge in [0.25, 0.3) is 0 Å². The van der Waals surface area contributed by atoms with Crippen LogP contribution in [0.4, 0.5) is 5.69 Å². The Balaban J connectivity index is 1.91. The molecule has 24 heavy (non-hydrogen) atoms. The second-order valence-electron chi connectivity index (χ2n) is 6.31. The van der Waals surface area contributed by atoms with Gasteiger partial charge in [-0.05, 0) is 33.1 Å². The van der Waals surface area contributed by atoms with Crippen LogP contribution in [0.2, 0.25) is 0 Å². The smallest absolute Gasteiger partial charge is 0.190 e. The maximum atomic E-state index is 12.2. The topological polar surface area (TPSA) is 52.2 Å². The molecule has 7 heteroatoms. The molecule has 3 atom stereocenters. The molecule has 0 bridgehead atoms. The number of hydrogen-bond acceptors (Lipinski definition) is 4. The van der Waals surface area contributed by atoms with Crippen molar-refractivity contribution in [1.82, 2.24) is 14.3 Å². The van der Waals surface area contributed by atoms with Crippen LogP contribution < -0.4 is 4.80 Å². The lowest BCUT2D eigenvalue weighted by atomic mass is 9.94. The number of aromatic nitrogens is 3. The molecule has 0 unspecified atom stereocenters. The van der Waals surface area contributed by atoms with Gasteiger partial charge < -0.3 is 4.57 Å².